The third kappa shape index (κ3) is 5.86. The van der Waals surface area contributed by atoms with E-state index in [1.807, 2.05) is 23.7 Å². The highest BCUT2D eigenvalue weighted by Crippen LogP contribution is 2.33. The minimum absolute atomic E-state index is 0.0178. The highest BCUT2D eigenvalue weighted by molar-refractivity contribution is 6.33. The molecule has 0 radical (unpaired) electrons. The first-order valence-electron chi connectivity index (χ1n) is 13.9. The van der Waals surface area contributed by atoms with Crippen LogP contribution in [0.15, 0.2) is 42.6 Å². The second kappa shape index (κ2) is 12.0. The summed E-state index contributed by atoms with van der Waals surface area (Å²) in [6, 6.07) is 8.76. The first-order chi connectivity index (χ1) is 19.2. The predicted octanol–water partition coefficient (Wildman–Crippen LogP) is 5.04. The van der Waals surface area contributed by atoms with Gasteiger partial charge in [0, 0.05) is 49.6 Å². The number of aromatic nitrogens is 2. The van der Waals surface area contributed by atoms with Crippen molar-refractivity contribution in [2.24, 2.45) is 5.92 Å². The lowest BCUT2D eigenvalue weighted by Crippen LogP contribution is -2.49. The molecule has 10 heteroatoms. The van der Waals surface area contributed by atoms with E-state index in [0.717, 1.165) is 57.3 Å². The van der Waals surface area contributed by atoms with Gasteiger partial charge >= 0.3 is 0 Å². The number of carbonyl (C=O) groups excluding carboxylic acids is 2. The molecule has 2 amide bonds. The Bertz CT molecular complexity index is 1420. The molecular formula is C30H35ClFN5O3. The molecule has 2 N–H and O–H groups in total. The lowest BCUT2D eigenvalue weighted by molar-refractivity contribution is -0.611. The normalized spacial score (nSPS) is 17.1. The van der Waals surface area contributed by atoms with E-state index < -0.39 is 11.9 Å². The van der Waals surface area contributed by atoms with E-state index in [1.165, 1.54) is 24.4 Å². The van der Waals surface area contributed by atoms with Crippen molar-refractivity contribution in [2.45, 2.75) is 64.6 Å². The van der Waals surface area contributed by atoms with Crippen molar-refractivity contribution in [2.75, 3.05) is 18.9 Å². The molecule has 0 bridgehead atoms. The maximum atomic E-state index is 15.3. The third-order valence-electron chi connectivity index (χ3n) is 8.17. The van der Waals surface area contributed by atoms with E-state index in [1.54, 1.807) is 13.0 Å². The fraction of sp³-hybridized carbons (Fsp3) is 0.433. The minimum atomic E-state index is -0.754. The van der Waals surface area contributed by atoms with Gasteiger partial charge in [-0.1, -0.05) is 37.3 Å². The molecule has 5 rings (SSSR count). The molecule has 1 atom stereocenters. The molecule has 2 aromatic heterocycles. The van der Waals surface area contributed by atoms with Crippen LogP contribution in [0, 0.1) is 23.9 Å². The van der Waals surface area contributed by atoms with Gasteiger partial charge < -0.3 is 20.4 Å². The highest BCUT2D eigenvalue weighted by Gasteiger charge is 2.32. The zero-order valence-corrected chi connectivity index (χ0v) is 23.6. The first kappa shape index (κ1) is 28.1. The van der Waals surface area contributed by atoms with Crippen molar-refractivity contribution in [1.29, 1.82) is 0 Å². The van der Waals surface area contributed by atoms with Gasteiger partial charge in [0.25, 0.3) is 5.91 Å². The number of fused-ring (bicyclic) bond motifs is 1. The molecule has 1 aliphatic heterocycles. The van der Waals surface area contributed by atoms with E-state index in [-0.39, 0.29) is 39.7 Å². The molecule has 1 aromatic carbocycles. The number of nitrogens with zero attached hydrogens (tertiary/aromatic N) is 3. The summed E-state index contributed by atoms with van der Waals surface area (Å²) in [5, 5.41) is 18.2. The average Bonchev–Trinajstić information content (AvgIpc) is 3.15. The summed E-state index contributed by atoms with van der Waals surface area (Å²) >= 11 is 6.28. The topological polar surface area (TPSA) is 93.3 Å². The largest absolute Gasteiger partial charge is 0.618 e. The standard InChI is InChI=1S/C30H35ClFN5O3/c1-19-27(24(31)13-14-37(19)40)23-11-9-21(17-25(23)32)33-30(39)28(20-7-5-3-4-6-8-20)34-29(38)26-12-10-22-18-35(2)15-16-36(22)26/h9-14,17,20,28H,3-8,15-16,18H2,1-2H3,(H,33,39)(H,34,38)/t28-/m0/s1. The van der Waals surface area contributed by atoms with E-state index in [4.69, 9.17) is 11.6 Å². The molecular weight excluding hydrogens is 533 g/mol. The van der Waals surface area contributed by atoms with Crippen LogP contribution in [-0.4, -0.2) is 40.9 Å². The molecule has 3 aromatic rings. The SMILES string of the molecule is Cc1c(-c2ccc(NC(=O)[C@@H](NC(=O)c3ccc4n3CCN(C)C4)C3CCCCCC3)cc2F)c(Cl)cc[n+]1[O-]. The van der Waals surface area contributed by atoms with Crippen LogP contribution in [0.4, 0.5) is 10.1 Å². The summed E-state index contributed by atoms with van der Waals surface area (Å²) in [7, 11) is 2.05. The molecule has 8 nitrogen and oxygen atoms in total. The van der Waals surface area contributed by atoms with Crippen molar-refractivity contribution in [1.82, 2.24) is 14.8 Å². The van der Waals surface area contributed by atoms with Crippen LogP contribution < -0.4 is 15.4 Å². The second-order valence-electron chi connectivity index (χ2n) is 10.9. The third-order valence-corrected chi connectivity index (χ3v) is 8.49. The number of nitrogens with one attached hydrogen (secondary N) is 2. The Balaban J connectivity index is 1.38. The average molecular weight is 568 g/mol. The molecule has 212 valence electrons. The van der Waals surface area contributed by atoms with Gasteiger partial charge in [0.15, 0.2) is 11.9 Å². The van der Waals surface area contributed by atoms with Gasteiger partial charge in [0.05, 0.1) is 10.6 Å². The van der Waals surface area contributed by atoms with E-state index >= 15 is 4.39 Å². The number of hydrogen-bond donors (Lipinski definition) is 2. The molecule has 2 aliphatic rings. The van der Waals surface area contributed by atoms with E-state index in [9.17, 15) is 14.8 Å². The number of amides is 2. The van der Waals surface area contributed by atoms with Crippen LogP contribution in [0.25, 0.3) is 11.1 Å². The molecule has 1 fully saturated rings. The van der Waals surface area contributed by atoms with Gasteiger partial charge in [-0.3, -0.25) is 14.5 Å². The zero-order chi connectivity index (χ0) is 28.4. The predicted molar refractivity (Wildman–Crippen MR) is 152 cm³/mol. The second-order valence-corrected chi connectivity index (χ2v) is 11.3. The van der Waals surface area contributed by atoms with Crippen molar-refractivity contribution in [3.63, 3.8) is 0 Å². The summed E-state index contributed by atoms with van der Waals surface area (Å²) in [4.78, 5) is 29.3. The quantitative estimate of drug-likeness (QED) is 0.248. The number of pyridine rings is 1. The van der Waals surface area contributed by atoms with Crippen LogP contribution >= 0.6 is 11.6 Å². The Hall–Kier alpha value is -3.43. The maximum absolute atomic E-state index is 15.3. The van der Waals surface area contributed by atoms with Crippen LogP contribution in [0.3, 0.4) is 0 Å². The summed E-state index contributed by atoms with van der Waals surface area (Å²) in [5.41, 5.74) is 2.64. The summed E-state index contributed by atoms with van der Waals surface area (Å²) in [6.45, 7) is 3.90. The minimum Gasteiger partial charge on any atom is -0.618 e. The van der Waals surface area contributed by atoms with Gasteiger partial charge in [0.1, 0.15) is 17.6 Å². The van der Waals surface area contributed by atoms with Crippen molar-refractivity contribution >= 4 is 29.1 Å². The van der Waals surface area contributed by atoms with Crippen LogP contribution in [0.2, 0.25) is 5.02 Å². The summed E-state index contributed by atoms with van der Waals surface area (Å²) < 4.78 is 17.9. The molecule has 1 saturated carbocycles. The van der Waals surface area contributed by atoms with Crippen LogP contribution in [0.5, 0.6) is 0 Å². The monoisotopic (exact) mass is 567 g/mol. The lowest BCUT2D eigenvalue weighted by Gasteiger charge is -2.28. The Morgan fingerprint density at radius 1 is 1.10 bits per heavy atom. The summed E-state index contributed by atoms with van der Waals surface area (Å²) in [5.74, 6) is -1.28. The Morgan fingerprint density at radius 3 is 2.58 bits per heavy atom. The molecule has 1 aliphatic carbocycles. The molecule has 40 heavy (non-hydrogen) atoms. The Labute approximate surface area is 238 Å². The smallest absolute Gasteiger partial charge is 0.268 e. The molecule has 3 heterocycles. The Kier molecular flexibility index (Phi) is 8.42. The molecule has 0 unspecified atom stereocenters. The van der Waals surface area contributed by atoms with Crippen molar-refractivity contribution in [3.8, 4) is 11.1 Å². The number of rotatable bonds is 6. The zero-order valence-electron chi connectivity index (χ0n) is 22.9. The number of anilines is 1. The van der Waals surface area contributed by atoms with Gasteiger partial charge in [-0.2, -0.15) is 4.73 Å². The van der Waals surface area contributed by atoms with Gasteiger partial charge in [-0.15, -0.1) is 0 Å². The number of likely N-dealkylation sites (N-methyl/N-ethyl adjacent to an activating group) is 1. The number of benzene rings is 1. The maximum Gasteiger partial charge on any atom is 0.268 e. The van der Waals surface area contributed by atoms with Gasteiger partial charge in [-0.25, -0.2) is 4.39 Å². The van der Waals surface area contributed by atoms with E-state index in [2.05, 4.69) is 15.5 Å². The van der Waals surface area contributed by atoms with Gasteiger partial charge in [-0.05, 0) is 56.1 Å². The van der Waals surface area contributed by atoms with Crippen molar-refractivity contribution < 1.29 is 18.7 Å². The Morgan fingerprint density at radius 2 is 1.85 bits per heavy atom. The first-order valence-corrected chi connectivity index (χ1v) is 14.3. The van der Waals surface area contributed by atoms with Gasteiger partial charge in [0.2, 0.25) is 5.91 Å². The highest BCUT2D eigenvalue weighted by atomic mass is 35.5. The lowest BCUT2D eigenvalue weighted by atomic mass is 9.91. The number of hydrogen-bond acceptors (Lipinski definition) is 4. The van der Waals surface area contributed by atoms with Crippen LogP contribution in [0.1, 0.15) is 60.4 Å². The van der Waals surface area contributed by atoms with E-state index in [0.29, 0.717) is 22.5 Å². The fourth-order valence-corrected chi connectivity index (χ4v) is 6.24. The number of carbonyl (C=O) groups is 2. The van der Waals surface area contributed by atoms with Crippen LogP contribution in [-0.2, 0) is 17.9 Å². The fourth-order valence-electron chi connectivity index (χ4n) is 5.94. The number of halogens is 2. The molecule has 0 saturated heterocycles. The molecule has 0 spiro atoms. The summed E-state index contributed by atoms with van der Waals surface area (Å²) in [6.07, 6.45) is 7.16. The van der Waals surface area contributed by atoms with Crippen molar-refractivity contribution in [3.05, 3.63) is 75.7 Å².